The third-order valence-corrected chi connectivity index (χ3v) is 1.51. The number of allylic oxidation sites excluding steroid dienone is 2. The SMILES string of the molecule is C=C(/C=C(\C)NCC)NC(=O)OC(C)(C)C. The highest BCUT2D eigenvalue weighted by Crippen LogP contribution is 2.07. The van der Waals surface area contributed by atoms with Crippen LogP contribution in [0, 0.1) is 0 Å². The van der Waals surface area contributed by atoms with E-state index in [2.05, 4.69) is 17.2 Å². The van der Waals surface area contributed by atoms with Gasteiger partial charge < -0.3 is 10.1 Å². The number of amides is 1. The summed E-state index contributed by atoms with van der Waals surface area (Å²) in [6.45, 7) is 13.9. The molecule has 0 aliphatic heterocycles. The van der Waals surface area contributed by atoms with Crippen molar-refractivity contribution in [3.05, 3.63) is 24.0 Å². The first-order valence-electron chi connectivity index (χ1n) is 5.35. The van der Waals surface area contributed by atoms with Gasteiger partial charge in [0, 0.05) is 17.9 Å². The van der Waals surface area contributed by atoms with Crippen molar-refractivity contribution < 1.29 is 9.53 Å². The third kappa shape index (κ3) is 7.91. The van der Waals surface area contributed by atoms with Crippen LogP contribution in [0.15, 0.2) is 24.0 Å². The van der Waals surface area contributed by atoms with Gasteiger partial charge in [0.25, 0.3) is 0 Å². The molecule has 4 heteroatoms. The number of ether oxygens (including phenoxy) is 1. The highest BCUT2D eigenvalue weighted by atomic mass is 16.6. The minimum Gasteiger partial charge on any atom is -0.444 e. The Morgan fingerprint density at radius 1 is 1.44 bits per heavy atom. The fourth-order valence-corrected chi connectivity index (χ4v) is 1.06. The van der Waals surface area contributed by atoms with Gasteiger partial charge in [0.1, 0.15) is 5.60 Å². The molecule has 0 aliphatic carbocycles. The number of rotatable bonds is 4. The molecule has 0 rings (SSSR count). The Labute approximate surface area is 97.7 Å². The zero-order chi connectivity index (χ0) is 12.8. The zero-order valence-electron chi connectivity index (χ0n) is 10.8. The second-order valence-corrected chi connectivity index (χ2v) is 4.51. The van der Waals surface area contributed by atoms with Crippen LogP contribution in [0.3, 0.4) is 0 Å². The lowest BCUT2D eigenvalue weighted by atomic mass is 10.2. The number of nitrogens with one attached hydrogen (secondary N) is 2. The van der Waals surface area contributed by atoms with Crippen LogP contribution in [0.4, 0.5) is 4.79 Å². The lowest BCUT2D eigenvalue weighted by Crippen LogP contribution is -2.31. The number of hydrogen-bond donors (Lipinski definition) is 2. The molecule has 0 unspecified atom stereocenters. The summed E-state index contributed by atoms with van der Waals surface area (Å²) in [4.78, 5) is 11.4. The molecule has 0 aromatic heterocycles. The number of hydrogen-bond acceptors (Lipinski definition) is 3. The molecule has 4 nitrogen and oxygen atoms in total. The monoisotopic (exact) mass is 226 g/mol. The molecule has 0 fully saturated rings. The molecule has 16 heavy (non-hydrogen) atoms. The van der Waals surface area contributed by atoms with E-state index >= 15 is 0 Å². The van der Waals surface area contributed by atoms with E-state index in [1.165, 1.54) is 0 Å². The topological polar surface area (TPSA) is 50.4 Å². The van der Waals surface area contributed by atoms with E-state index in [4.69, 9.17) is 4.74 Å². The molecule has 92 valence electrons. The molecule has 0 saturated heterocycles. The fourth-order valence-electron chi connectivity index (χ4n) is 1.06. The third-order valence-electron chi connectivity index (χ3n) is 1.51. The summed E-state index contributed by atoms with van der Waals surface area (Å²) < 4.78 is 5.09. The normalized spacial score (nSPS) is 11.9. The maximum absolute atomic E-state index is 11.4. The van der Waals surface area contributed by atoms with Gasteiger partial charge in [0.15, 0.2) is 0 Å². The Hall–Kier alpha value is -1.45. The molecule has 0 heterocycles. The summed E-state index contributed by atoms with van der Waals surface area (Å²) in [5.74, 6) is 0. The molecule has 0 atom stereocenters. The fraction of sp³-hybridized carbons (Fsp3) is 0.583. The number of alkyl carbamates (subject to hydrolysis) is 1. The maximum Gasteiger partial charge on any atom is 0.412 e. The average Bonchev–Trinajstić information content (AvgIpc) is 1.98. The smallest absolute Gasteiger partial charge is 0.412 e. The van der Waals surface area contributed by atoms with Crippen molar-refractivity contribution in [1.29, 1.82) is 0 Å². The summed E-state index contributed by atoms with van der Waals surface area (Å²) in [6.07, 6.45) is 1.27. The van der Waals surface area contributed by atoms with Crippen LogP contribution in [-0.4, -0.2) is 18.2 Å². The van der Waals surface area contributed by atoms with E-state index in [1.54, 1.807) is 6.08 Å². The van der Waals surface area contributed by atoms with Gasteiger partial charge >= 0.3 is 6.09 Å². The molecule has 0 spiro atoms. The molecule has 2 N–H and O–H groups in total. The lowest BCUT2D eigenvalue weighted by molar-refractivity contribution is 0.0548. The van der Waals surface area contributed by atoms with Crippen molar-refractivity contribution in [2.45, 2.75) is 40.2 Å². The predicted molar refractivity (Wildman–Crippen MR) is 65.9 cm³/mol. The van der Waals surface area contributed by atoms with Crippen molar-refractivity contribution in [2.75, 3.05) is 6.54 Å². The first kappa shape index (κ1) is 14.6. The second-order valence-electron chi connectivity index (χ2n) is 4.51. The highest BCUT2D eigenvalue weighted by molar-refractivity contribution is 5.70. The van der Waals surface area contributed by atoms with Crippen LogP contribution in [-0.2, 0) is 4.74 Å². The molecule has 0 aromatic rings. The summed E-state index contributed by atoms with van der Waals surface area (Å²) in [5.41, 5.74) is 0.960. The summed E-state index contributed by atoms with van der Waals surface area (Å²) in [6, 6.07) is 0. The van der Waals surface area contributed by atoms with Crippen LogP contribution < -0.4 is 10.6 Å². The van der Waals surface area contributed by atoms with E-state index in [1.807, 2.05) is 34.6 Å². The molecular weight excluding hydrogens is 204 g/mol. The van der Waals surface area contributed by atoms with Gasteiger partial charge in [-0.2, -0.15) is 0 Å². The Morgan fingerprint density at radius 3 is 2.44 bits per heavy atom. The molecule has 0 aliphatic rings. The van der Waals surface area contributed by atoms with Gasteiger partial charge in [-0.3, -0.25) is 5.32 Å². The molecule has 0 radical (unpaired) electrons. The van der Waals surface area contributed by atoms with Gasteiger partial charge in [0.05, 0.1) is 0 Å². The Kier molecular flexibility index (Phi) is 5.64. The average molecular weight is 226 g/mol. The van der Waals surface area contributed by atoms with E-state index in [9.17, 15) is 4.79 Å². The van der Waals surface area contributed by atoms with E-state index in [0.29, 0.717) is 5.70 Å². The van der Waals surface area contributed by atoms with Gasteiger partial charge in [-0.05, 0) is 40.7 Å². The summed E-state index contributed by atoms with van der Waals surface area (Å²) in [5, 5.41) is 5.66. The first-order chi connectivity index (χ1) is 7.24. The predicted octanol–water partition coefficient (Wildman–Crippen LogP) is 2.54. The molecular formula is C12H22N2O2. The van der Waals surface area contributed by atoms with E-state index < -0.39 is 11.7 Å². The van der Waals surface area contributed by atoms with Crippen LogP contribution >= 0.6 is 0 Å². The first-order valence-corrected chi connectivity index (χ1v) is 5.35. The number of carbonyl (C=O) groups excluding carboxylic acids is 1. The standard InChI is InChI=1S/C12H22N2O2/c1-7-13-9(2)8-10(3)14-11(15)16-12(4,5)6/h8,13H,3,7H2,1-2,4-6H3,(H,14,15)/b9-8+. The van der Waals surface area contributed by atoms with Crippen molar-refractivity contribution >= 4 is 6.09 Å². The van der Waals surface area contributed by atoms with E-state index in [-0.39, 0.29) is 0 Å². The van der Waals surface area contributed by atoms with Gasteiger partial charge in [-0.15, -0.1) is 0 Å². The summed E-state index contributed by atoms with van der Waals surface area (Å²) >= 11 is 0. The maximum atomic E-state index is 11.4. The number of carbonyl (C=O) groups is 1. The zero-order valence-corrected chi connectivity index (χ0v) is 10.8. The Bertz CT molecular complexity index is 288. The van der Waals surface area contributed by atoms with Crippen LogP contribution in [0.5, 0.6) is 0 Å². The van der Waals surface area contributed by atoms with Gasteiger partial charge in [-0.1, -0.05) is 6.58 Å². The second kappa shape index (κ2) is 6.20. The van der Waals surface area contributed by atoms with Crippen molar-refractivity contribution in [1.82, 2.24) is 10.6 Å². The van der Waals surface area contributed by atoms with Gasteiger partial charge in [0.2, 0.25) is 0 Å². The Morgan fingerprint density at radius 2 is 2.00 bits per heavy atom. The van der Waals surface area contributed by atoms with Crippen LogP contribution in [0.1, 0.15) is 34.6 Å². The molecule has 0 saturated carbocycles. The molecule has 0 bridgehead atoms. The summed E-state index contributed by atoms with van der Waals surface area (Å²) in [7, 11) is 0. The van der Waals surface area contributed by atoms with Crippen molar-refractivity contribution in [3.8, 4) is 0 Å². The highest BCUT2D eigenvalue weighted by Gasteiger charge is 2.15. The van der Waals surface area contributed by atoms with Crippen LogP contribution in [0.2, 0.25) is 0 Å². The van der Waals surface area contributed by atoms with E-state index in [0.717, 1.165) is 12.2 Å². The van der Waals surface area contributed by atoms with Crippen molar-refractivity contribution in [3.63, 3.8) is 0 Å². The minimum atomic E-state index is -0.495. The quantitative estimate of drug-likeness (QED) is 0.724. The Balaban J connectivity index is 4.16. The lowest BCUT2D eigenvalue weighted by Gasteiger charge is -2.19. The van der Waals surface area contributed by atoms with Crippen molar-refractivity contribution in [2.24, 2.45) is 0 Å². The van der Waals surface area contributed by atoms with Gasteiger partial charge in [-0.25, -0.2) is 4.79 Å². The molecule has 1 amide bonds. The molecule has 0 aromatic carbocycles. The minimum absolute atomic E-state index is 0.488. The largest absolute Gasteiger partial charge is 0.444 e. The van der Waals surface area contributed by atoms with Crippen LogP contribution in [0.25, 0.3) is 0 Å².